The van der Waals surface area contributed by atoms with Crippen molar-refractivity contribution in [3.63, 3.8) is 0 Å². The first-order valence-corrected chi connectivity index (χ1v) is 8.80. The van der Waals surface area contributed by atoms with E-state index in [0.717, 1.165) is 38.1 Å². The van der Waals surface area contributed by atoms with Gasteiger partial charge in [0.1, 0.15) is 24.0 Å². The molecule has 3 saturated heterocycles. The molecule has 1 aromatic carbocycles. The highest BCUT2D eigenvalue weighted by molar-refractivity contribution is 5.52. The summed E-state index contributed by atoms with van der Waals surface area (Å²) < 4.78 is 33.3. The summed E-state index contributed by atoms with van der Waals surface area (Å²) in [6, 6.07) is 3.66. The number of carbonyl (C=O) groups excluding carboxylic acids is 1. The van der Waals surface area contributed by atoms with Crippen molar-refractivity contribution in [2.75, 3.05) is 32.8 Å². The van der Waals surface area contributed by atoms with E-state index < -0.39 is 17.7 Å². The fraction of sp³-hybridized carbons (Fsp3) is 0.611. The maximum Gasteiger partial charge on any atom is 0.133 e. The lowest BCUT2D eigenvalue weighted by Crippen LogP contribution is -2.63. The van der Waals surface area contributed by atoms with E-state index in [9.17, 15) is 13.6 Å². The third-order valence-electron chi connectivity index (χ3n) is 5.82. The van der Waals surface area contributed by atoms with Crippen LogP contribution in [0.15, 0.2) is 18.2 Å². The molecule has 25 heavy (non-hydrogen) atoms. The van der Waals surface area contributed by atoms with E-state index in [1.807, 2.05) is 0 Å². The summed E-state index contributed by atoms with van der Waals surface area (Å²) in [5.74, 6) is -0.361. The average molecular weight is 351 g/mol. The second kappa shape index (κ2) is 6.72. The minimum Gasteiger partial charge on any atom is -0.370 e. The maximum absolute atomic E-state index is 14.0. The molecule has 2 N–H and O–H groups in total. The van der Waals surface area contributed by atoms with Gasteiger partial charge in [0.25, 0.3) is 0 Å². The largest absolute Gasteiger partial charge is 0.370 e. The van der Waals surface area contributed by atoms with Gasteiger partial charge in [0.15, 0.2) is 0 Å². The molecule has 0 aliphatic carbocycles. The van der Waals surface area contributed by atoms with E-state index in [1.165, 1.54) is 6.07 Å². The van der Waals surface area contributed by atoms with Crippen LogP contribution in [0.4, 0.5) is 8.78 Å². The zero-order valence-corrected chi connectivity index (χ0v) is 14.0. The molecule has 0 bridgehead atoms. The second-order valence-corrected chi connectivity index (χ2v) is 7.38. The zero-order valence-electron chi connectivity index (χ0n) is 14.0. The number of halogens is 2. The molecule has 3 aliphatic heterocycles. The number of hydrogen-bond donors (Lipinski definition) is 1. The van der Waals surface area contributed by atoms with E-state index in [1.54, 1.807) is 0 Å². The van der Waals surface area contributed by atoms with E-state index in [0.29, 0.717) is 31.5 Å². The Morgan fingerprint density at radius 3 is 2.88 bits per heavy atom. The maximum atomic E-state index is 14.0. The van der Waals surface area contributed by atoms with Crippen LogP contribution in [0.25, 0.3) is 0 Å². The Bertz CT molecular complexity index is 659. The van der Waals surface area contributed by atoms with Gasteiger partial charge < -0.3 is 15.3 Å². The first-order chi connectivity index (χ1) is 12.1. The van der Waals surface area contributed by atoms with Gasteiger partial charge in [-0.05, 0) is 24.6 Å². The molecule has 5 nitrogen and oxygen atoms in total. The smallest absolute Gasteiger partial charge is 0.133 e. The summed E-state index contributed by atoms with van der Waals surface area (Å²) in [6.07, 6.45) is 1.03. The summed E-state index contributed by atoms with van der Waals surface area (Å²) in [4.78, 5) is 15.3. The number of fused-ring (bicyclic) bond motifs is 1. The summed E-state index contributed by atoms with van der Waals surface area (Å²) in [5.41, 5.74) is 6.45. The van der Waals surface area contributed by atoms with E-state index >= 15 is 0 Å². The monoisotopic (exact) mass is 351 g/mol. The van der Waals surface area contributed by atoms with Gasteiger partial charge in [-0.2, -0.15) is 0 Å². The van der Waals surface area contributed by atoms with Crippen molar-refractivity contribution in [2.24, 2.45) is 11.7 Å². The van der Waals surface area contributed by atoms with Crippen LogP contribution in [-0.2, 0) is 9.53 Å². The Hall–Kier alpha value is -1.41. The van der Waals surface area contributed by atoms with Gasteiger partial charge in [0, 0.05) is 49.2 Å². The van der Waals surface area contributed by atoms with E-state index in [-0.39, 0.29) is 17.6 Å². The minimum atomic E-state index is -0.612. The number of nitrogens with two attached hydrogens (primary N) is 1. The zero-order chi connectivity index (χ0) is 17.6. The first kappa shape index (κ1) is 17.0. The van der Waals surface area contributed by atoms with Gasteiger partial charge in [-0.15, -0.1) is 0 Å². The fourth-order valence-corrected chi connectivity index (χ4v) is 4.57. The molecule has 0 saturated carbocycles. The highest BCUT2D eigenvalue weighted by Crippen LogP contribution is 2.38. The number of rotatable bonds is 4. The second-order valence-electron chi connectivity index (χ2n) is 7.38. The molecule has 5 atom stereocenters. The lowest BCUT2D eigenvalue weighted by Gasteiger charge is -2.51. The molecule has 4 rings (SSSR count). The Labute approximate surface area is 145 Å². The SMILES string of the molecule is N[C@H]1C[C@@H](N2CC3CN(CC=O)CC32)CO[C@@H]1c1cc(F)ccc1F. The van der Waals surface area contributed by atoms with Crippen molar-refractivity contribution in [1.29, 1.82) is 0 Å². The van der Waals surface area contributed by atoms with E-state index in [2.05, 4.69) is 9.80 Å². The molecule has 0 amide bonds. The summed E-state index contributed by atoms with van der Waals surface area (Å²) in [7, 11) is 0. The van der Waals surface area contributed by atoms with Crippen molar-refractivity contribution in [3.8, 4) is 0 Å². The summed E-state index contributed by atoms with van der Waals surface area (Å²) in [6.45, 7) is 3.81. The van der Waals surface area contributed by atoms with E-state index in [4.69, 9.17) is 10.5 Å². The first-order valence-electron chi connectivity index (χ1n) is 8.80. The number of likely N-dealkylation sites (tertiary alicyclic amines) is 2. The van der Waals surface area contributed by atoms with Crippen molar-refractivity contribution in [3.05, 3.63) is 35.4 Å². The molecule has 0 aromatic heterocycles. The Morgan fingerprint density at radius 2 is 2.12 bits per heavy atom. The van der Waals surface area contributed by atoms with Crippen LogP contribution in [0.2, 0.25) is 0 Å². The van der Waals surface area contributed by atoms with Crippen molar-refractivity contribution < 1.29 is 18.3 Å². The quantitative estimate of drug-likeness (QED) is 0.818. The lowest BCUT2D eigenvalue weighted by molar-refractivity contribution is -0.108. The predicted octanol–water partition coefficient (Wildman–Crippen LogP) is 0.937. The van der Waals surface area contributed by atoms with Gasteiger partial charge in [-0.3, -0.25) is 9.80 Å². The number of carbonyl (C=O) groups is 1. The molecular weight excluding hydrogens is 328 g/mol. The van der Waals surface area contributed by atoms with Crippen LogP contribution < -0.4 is 5.73 Å². The standard InChI is InChI=1S/C18H23F2N3O2/c19-12-1-2-15(20)14(5-12)18-16(21)6-13(10-25-18)23-8-11-7-22(3-4-24)9-17(11)23/h1-2,4-5,11,13,16-18H,3,6-10,21H2/t11?,13-,16+,17?,18-/m1/s1. The third-order valence-corrected chi connectivity index (χ3v) is 5.82. The molecule has 3 heterocycles. The molecule has 1 aromatic rings. The Morgan fingerprint density at radius 1 is 1.28 bits per heavy atom. The Balaban J connectivity index is 1.39. The van der Waals surface area contributed by atoms with Crippen molar-refractivity contribution in [1.82, 2.24) is 9.80 Å². The third kappa shape index (κ3) is 3.10. The molecule has 2 unspecified atom stereocenters. The van der Waals surface area contributed by atoms with Crippen molar-refractivity contribution in [2.45, 2.75) is 30.7 Å². The predicted molar refractivity (Wildman–Crippen MR) is 87.9 cm³/mol. The van der Waals surface area contributed by atoms with Gasteiger partial charge in [-0.25, -0.2) is 8.78 Å². The summed E-state index contributed by atoms with van der Waals surface area (Å²) in [5, 5.41) is 0. The fourth-order valence-electron chi connectivity index (χ4n) is 4.57. The van der Waals surface area contributed by atoms with Crippen LogP contribution in [0.3, 0.4) is 0 Å². The Kier molecular flexibility index (Phi) is 4.58. The number of ether oxygens (including phenoxy) is 1. The molecule has 136 valence electrons. The normalized spacial score (nSPS) is 36.0. The molecule has 7 heteroatoms. The van der Waals surface area contributed by atoms with Gasteiger partial charge in [0.05, 0.1) is 13.2 Å². The van der Waals surface area contributed by atoms with Crippen LogP contribution >= 0.6 is 0 Å². The molecule has 0 radical (unpaired) electrons. The van der Waals surface area contributed by atoms with Crippen LogP contribution in [0, 0.1) is 17.6 Å². The number of aldehydes is 1. The molecular formula is C18H23F2N3O2. The lowest BCUT2D eigenvalue weighted by atomic mass is 9.86. The van der Waals surface area contributed by atoms with Gasteiger partial charge in [0.2, 0.25) is 0 Å². The average Bonchev–Trinajstić information content (AvgIpc) is 2.88. The number of benzene rings is 1. The van der Waals surface area contributed by atoms with Gasteiger partial charge >= 0.3 is 0 Å². The van der Waals surface area contributed by atoms with Gasteiger partial charge in [-0.1, -0.05) is 0 Å². The topological polar surface area (TPSA) is 58.8 Å². The molecule has 3 fully saturated rings. The van der Waals surface area contributed by atoms with Crippen LogP contribution in [0.1, 0.15) is 18.1 Å². The van der Waals surface area contributed by atoms with Crippen molar-refractivity contribution >= 4 is 6.29 Å². The number of nitrogens with zero attached hydrogens (tertiary/aromatic N) is 2. The highest BCUT2D eigenvalue weighted by atomic mass is 19.1. The highest BCUT2D eigenvalue weighted by Gasteiger charge is 2.49. The number of hydrogen-bond acceptors (Lipinski definition) is 5. The van der Waals surface area contributed by atoms with Crippen LogP contribution in [0.5, 0.6) is 0 Å². The van der Waals surface area contributed by atoms with Crippen LogP contribution in [-0.4, -0.2) is 67.0 Å². The summed E-state index contributed by atoms with van der Waals surface area (Å²) >= 11 is 0. The molecule has 3 aliphatic rings. The molecule has 0 spiro atoms. The minimum absolute atomic E-state index is 0.195.